The number of carbonyl (C=O) groups is 3. The van der Waals surface area contributed by atoms with Crippen molar-refractivity contribution in [2.24, 2.45) is 0 Å². The SMILES string of the molecule is CC(C)(C)OC(=O)N1c2ccccc2C[C@@H]1C(=O)N1[C@@H](c2ccccc2)CC[C@H]1C(=O)O. The molecule has 168 valence electrons. The molecule has 7 nitrogen and oxygen atoms in total. The topological polar surface area (TPSA) is 87.2 Å². The minimum atomic E-state index is -1.03. The van der Waals surface area contributed by atoms with Crippen LogP contribution in [0.2, 0.25) is 0 Å². The molecule has 2 aromatic carbocycles. The zero-order valence-corrected chi connectivity index (χ0v) is 18.5. The molecule has 0 unspecified atom stereocenters. The molecule has 0 bridgehead atoms. The third-order valence-corrected chi connectivity index (χ3v) is 5.96. The first-order valence-corrected chi connectivity index (χ1v) is 10.9. The molecule has 2 aliphatic rings. The number of fused-ring (bicyclic) bond motifs is 1. The second-order valence-corrected chi connectivity index (χ2v) is 9.30. The summed E-state index contributed by atoms with van der Waals surface area (Å²) < 4.78 is 5.61. The van der Waals surface area contributed by atoms with Gasteiger partial charge >= 0.3 is 12.1 Å². The minimum absolute atomic E-state index is 0.318. The molecular weight excluding hydrogens is 408 g/mol. The van der Waals surface area contributed by atoms with Gasteiger partial charge in [-0.05, 0) is 50.8 Å². The first kappa shape index (κ1) is 21.9. The highest BCUT2D eigenvalue weighted by Crippen LogP contribution is 2.40. The predicted octanol–water partition coefficient (Wildman–Crippen LogP) is 4.17. The van der Waals surface area contributed by atoms with Gasteiger partial charge in [-0.15, -0.1) is 0 Å². The number of anilines is 1. The maximum absolute atomic E-state index is 13.9. The second-order valence-electron chi connectivity index (χ2n) is 9.30. The highest BCUT2D eigenvalue weighted by molar-refractivity contribution is 6.01. The Kier molecular flexibility index (Phi) is 5.67. The number of hydrogen-bond acceptors (Lipinski definition) is 4. The van der Waals surface area contributed by atoms with E-state index >= 15 is 0 Å². The average Bonchev–Trinajstić information content (AvgIpc) is 3.35. The molecule has 3 atom stereocenters. The molecule has 4 rings (SSSR count). The van der Waals surface area contributed by atoms with Gasteiger partial charge in [0, 0.05) is 6.42 Å². The molecule has 1 saturated heterocycles. The summed E-state index contributed by atoms with van der Waals surface area (Å²) in [5.41, 5.74) is 1.65. The van der Waals surface area contributed by atoms with Crippen molar-refractivity contribution in [3.63, 3.8) is 0 Å². The van der Waals surface area contributed by atoms with Gasteiger partial charge in [0.05, 0.1) is 11.7 Å². The van der Waals surface area contributed by atoms with Crippen molar-refractivity contribution in [1.82, 2.24) is 4.90 Å². The van der Waals surface area contributed by atoms with Crippen LogP contribution >= 0.6 is 0 Å². The predicted molar refractivity (Wildman–Crippen MR) is 119 cm³/mol. The molecule has 32 heavy (non-hydrogen) atoms. The molecule has 2 amide bonds. The third kappa shape index (κ3) is 4.07. The number of carboxylic acid groups (broad SMARTS) is 1. The summed E-state index contributed by atoms with van der Waals surface area (Å²) >= 11 is 0. The number of aliphatic carboxylic acids is 1. The van der Waals surface area contributed by atoms with Crippen molar-refractivity contribution in [3.05, 3.63) is 65.7 Å². The van der Waals surface area contributed by atoms with E-state index in [2.05, 4.69) is 0 Å². The Labute approximate surface area is 187 Å². The van der Waals surface area contributed by atoms with Crippen molar-refractivity contribution in [2.45, 2.75) is 63.8 Å². The van der Waals surface area contributed by atoms with E-state index in [1.54, 1.807) is 26.8 Å². The largest absolute Gasteiger partial charge is 0.480 e. The van der Waals surface area contributed by atoms with E-state index < -0.39 is 29.7 Å². The van der Waals surface area contributed by atoms with Crippen molar-refractivity contribution < 1.29 is 24.2 Å². The van der Waals surface area contributed by atoms with Crippen LogP contribution in [0, 0.1) is 0 Å². The maximum Gasteiger partial charge on any atom is 0.415 e. The highest BCUT2D eigenvalue weighted by Gasteiger charge is 2.48. The van der Waals surface area contributed by atoms with Gasteiger partial charge in [0.2, 0.25) is 5.91 Å². The van der Waals surface area contributed by atoms with Crippen LogP contribution in [-0.2, 0) is 20.7 Å². The number of rotatable bonds is 3. The summed E-state index contributed by atoms with van der Waals surface area (Å²) in [7, 11) is 0. The Morgan fingerprint density at radius 3 is 2.25 bits per heavy atom. The molecule has 0 aliphatic carbocycles. The molecule has 1 N–H and O–H groups in total. The Morgan fingerprint density at radius 1 is 0.938 bits per heavy atom. The summed E-state index contributed by atoms with van der Waals surface area (Å²) in [6.45, 7) is 5.32. The zero-order valence-electron chi connectivity index (χ0n) is 18.5. The zero-order chi connectivity index (χ0) is 23.0. The van der Waals surface area contributed by atoms with E-state index in [0.29, 0.717) is 24.9 Å². The van der Waals surface area contributed by atoms with Gasteiger partial charge in [0.1, 0.15) is 17.7 Å². The fraction of sp³-hybridized carbons (Fsp3) is 0.400. The minimum Gasteiger partial charge on any atom is -0.480 e. The lowest BCUT2D eigenvalue weighted by molar-refractivity contribution is -0.150. The van der Waals surface area contributed by atoms with E-state index in [0.717, 1.165) is 11.1 Å². The van der Waals surface area contributed by atoms with Gasteiger partial charge in [-0.25, -0.2) is 9.59 Å². The highest BCUT2D eigenvalue weighted by atomic mass is 16.6. The number of ether oxygens (including phenoxy) is 1. The van der Waals surface area contributed by atoms with Crippen LogP contribution in [0.4, 0.5) is 10.5 Å². The lowest BCUT2D eigenvalue weighted by atomic mass is 10.0. The molecule has 0 saturated carbocycles. The molecular formula is C25H28N2O5. The summed E-state index contributed by atoms with van der Waals surface area (Å²) in [6.07, 6.45) is 0.632. The normalized spacial score (nSPS) is 22.5. The van der Waals surface area contributed by atoms with Gasteiger partial charge in [0.15, 0.2) is 0 Å². The Hall–Kier alpha value is -3.35. The van der Waals surface area contributed by atoms with Crippen LogP contribution in [-0.4, -0.2) is 45.7 Å². The molecule has 1 fully saturated rings. The monoisotopic (exact) mass is 436 g/mol. The van der Waals surface area contributed by atoms with Crippen molar-refractivity contribution >= 4 is 23.7 Å². The van der Waals surface area contributed by atoms with Gasteiger partial charge in [-0.1, -0.05) is 48.5 Å². The quantitative estimate of drug-likeness (QED) is 0.780. The van der Waals surface area contributed by atoms with Crippen LogP contribution in [0.25, 0.3) is 0 Å². The van der Waals surface area contributed by atoms with Crippen molar-refractivity contribution in [3.8, 4) is 0 Å². The molecule has 0 radical (unpaired) electrons. The van der Waals surface area contributed by atoms with Crippen LogP contribution in [0.3, 0.4) is 0 Å². The van der Waals surface area contributed by atoms with E-state index in [9.17, 15) is 19.5 Å². The molecule has 2 aliphatic heterocycles. The van der Waals surface area contributed by atoms with Crippen molar-refractivity contribution in [2.75, 3.05) is 4.90 Å². The van der Waals surface area contributed by atoms with Gasteiger partial charge in [-0.2, -0.15) is 0 Å². The van der Waals surface area contributed by atoms with Gasteiger partial charge in [0.25, 0.3) is 0 Å². The Balaban J connectivity index is 1.71. The molecule has 7 heteroatoms. The smallest absolute Gasteiger partial charge is 0.415 e. The summed E-state index contributed by atoms with van der Waals surface area (Å²) in [6, 6.07) is 14.7. The molecule has 2 aromatic rings. The van der Waals surface area contributed by atoms with Gasteiger partial charge < -0.3 is 14.7 Å². The van der Waals surface area contributed by atoms with Gasteiger partial charge in [-0.3, -0.25) is 9.69 Å². The van der Waals surface area contributed by atoms with Crippen LogP contribution < -0.4 is 4.90 Å². The maximum atomic E-state index is 13.9. The second kappa shape index (κ2) is 8.30. The summed E-state index contributed by atoms with van der Waals surface area (Å²) in [5, 5.41) is 9.84. The molecule has 0 aromatic heterocycles. The Morgan fingerprint density at radius 2 is 1.59 bits per heavy atom. The lowest BCUT2D eigenvalue weighted by Crippen LogP contribution is -2.53. The number of carbonyl (C=O) groups excluding carboxylic acids is 2. The number of amides is 2. The van der Waals surface area contributed by atoms with Crippen LogP contribution in [0.1, 0.15) is 50.8 Å². The standard InChI is InChI=1S/C25H28N2O5/c1-25(2,3)32-24(31)27-18-12-8-7-11-17(18)15-21(27)22(28)26-19(13-14-20(26)23(29)30)16-9-5-4-6-10-16/h4-12,19-21H,13-15H2,1-3H3,(H,29,30)/t19-,20+,21-/m1/s1. The average molecular weight is 437 g/mol. The Bertz CT molecular complexity index is 1030. The number of carboxylic acids is 1. The first-order valence-electron chi connectivity index (χ1n) is 10.9. The van der Waals surface area contributed by atoms with E-state index in [1.807, 2.05) is 48.5 Å². The summed E-state index contributed by atoms with van der Waals surface area (Å²) in [4.78, 5) is 41.9. The van der Waals surface area contributed by atoms with Crippen LogP contribution in [0.5, 0.6) is 0 Å². The van der Waals surface area contributed by atoms with E-state index in [1.165, 1.54) is 9.80 Å². The third-order valence-electron chi connectivity index (χ3n) is 5.96. The van der Waals surface area contributed by atoms with Crippen molar-refractivity contribution in [1.29, 1.82) is 0 Å². The number of nitrogens with zero attached hydrogens (tertiary/aromatic N) is 2. The van der Waals surface area contributed by atoms with Crippen LogP contribution in [0.15, 0.2) is 54.6 Å². The number of benzene rings is 2. The number of para-hydroxylation sites is 1. The lowest BCUT2D eigenvalue weighted by Gasteiger charge is -2.34. The van der Waals surface area contributed by atoms with E-state index in [4.69, 9.17) is 4.74 Å². The fourth-order valence-corrected chi connectivity index (χ4v) is 4.66. The van der Waals surface area contributed by atoms with E-state index in [-0.39, 0.29) is 11.9 Å². The summed E-state index contributed by atoms with van der Waals surface area (Å²) in [5.74, 6) is -1.40. The first-order chi connectivity index (χ1) is 15.2. The number of likely N-dealkylation sites (tertiary alicyclic amines) is 1. The fourth-order valence-electron chi connectivity index (χ4n) is 4.66. The number of hydrogen-bond donors (Lipinski definition) is 1. The molecule has 2 heterocycles. The molecule has 0 spiro atoms.